The van der Waals surface area contributed by atoms with E-state index < -0.39 is 8.32 Å². The molecule has 0 unspecified atom stereocenters. The molecule has 0 bridgehead atoms. The van der Waals surface area contributed by atoms with Crippen molar-refractivity contribution in [2.24, 2.45) is 16.2 Å². The van der Waals surface area contributed by atoms with E-state index in [1.165, 1.54) is 18.1 Å². The second-order valence-electron chi connectivity index (χ2n) is 10.8. The van der Waals surface area contributed by atoms with Gasteiger partial charge in [0.05, 0.1) is 0 Å². The lowest BCUT2D eigenvalue weighted by Crippen LogP contribution is -2.49. The second kappa shape index (κ2) is 7.00. The van der Waals surface area contributed by atoms with Crippen LogP contribution in [0, 0.1) is 16.2 Å². The van der Waals surface area contributed by atoms with Crippen molar-refractivity contribution in [2.45, 2.75) is 80.4 Å². The second-order valence-corrected chi connectivity index (χ2v) is 14.4. The molecular formula is C21H38OSi. The van der Waals surface area contributed by atoms with Crippen molar-refractivity contribution in [3.05, 3.63) is 30.3 Å². The van der Waals surface area contributed by atoms with Gasteiger partial charge in [0.1, 0.15) is 5.75 Å². The number of hydrogen-bond acceptors (Lipinski definition) is 1. The molecule has 0 fully saturated rings. The van der Waals surface area contributed by atoms with Crippen LogP contribution in [-0.2, 0) is 0 Å². The molecule has 2 heteroatoms. The summed E-state index contributed by atoms with van der Waals surface area (Å²) in [4.78, 5) is 0. The monoisotopic (exact) mass is 334 g/mol. The maximum absolute atomic E-state index is 6.87. The van der Waals surface area contributed by atoms with Crippen LogP contribution in [0.25, 0.3) is 0 Å². The minimum absolute atomic E-state index is 0.289. The zero-order valence-corrected chi connectivity index (χ0v) is 17.9. The van der Waals surface area contributed by atoms with Crippen LogP contribution in [0.3, 0.4) is 0 Å². The van der Waals surface area contributed by atoms with Crippen molar-refractivity contribution in [2.75, 3.05) is 0 Å². The van der Waals surface area contributed by atoms with Gasteiger partial charge in [-0.3, -0.25) is 0 Å². The van der Waals surface area contributed by atoms with Gasteiger partial charge in [0.25, 0.3) is 8.32 Å². The Kier molecular flexibility index (Phi) is 6.18. The molecule has 1 aromatic rings. The Bertz CT molecular complexity index is 430. The zero-order chi connectivity index (χ0) is 17.9. The van der Waals surface area contributed by atoms with E-state index in [1.807, 2.05) is 0 Å². The molecule has 0 heterocycles. The van der Waals surface area contributed by atoms with Gasteiger partial charge in [-0.15, -0.1) is 0 Å². The lowest BCUT2D eigenvalue weighted by Gasteiger charge is -2.43. The Hall–Kier alpha value is -0.763. The van der Waals surface area contributed by atoms with E-state index in [2.05, 4.69) is 92.6 Å². The Morgan fingerprint density at radius 3 is 1.30 bits per heavy atom. The smallest absolute Gasteiger partial charge is 0.252 e. The molecule has 0 aliphatic heterocycles. The molecule has 0 atom stereocenters. The molecule has 1 nitrogen and oxygen atoms in total. The summed E-state index contributed by atoms with van der Waals surface area (Å²) in [5.74, 6) is 1.05. The highest BCUT2D eigenvalue weighted by molar-refractivity contribution is 6.75. The van der Waals surface area contributed by atoms with Gasteiger partial charge < -0.3 is 4.43 Å². The fraction of sp³-hybridized carbons (Fsp3) is 0.714. The molecule has 0 amide bonds. The van der Waals surface area contributed by atoms with Gasteiger partial charge >= 0.3 is 0 Å². The minimum atomic E-state index is -1.94. The highest BCUT2D eigenvalue weighted by Crippen LogP contribution is 2.44. The summed E-state index contributed by atoms with van der Waals surface area (Å²) >= 11 is 0. The van der Waals surface area contributed by atoms with Gasteiger partial charge in [0.2, 0.25) is 0 Å². The quantitative estimate of drug-likeness (QED) is 0.519. The topological polar surface area (TPSA) is 9.23 Å². The molecule has 132 valence electrons. The molecule has 0 N–H and O–H groups in total. The highest BCUT2D eigenvalue weighted by Gasteiger charge is 2.46. The van der Waals surface area contributed by atoms with Crippen LogP contribution in [0.2, 0.25) is 18.1 Å². The first-order valence-electron chi connectivity index (χ1n) is 8.94. The van der Waals surface area contributed by atoms with Crippen LogP contribution in [0.5, 0.6) is 5.75 Å². The lowest BCUT2D eigenvalue weighted by molar-refractivity contribution is 0.355. The third-order valence-corrected chi connectivity index (χ3v) is 9.42. The van der Waals surface area contributed by atoms with E-state index in [9.17, 15) is 0 Å². The molecule has 0 aliphatic rings. The standard InChI is InChI=1S/C21H38OSi/c1-19(2,3)15-23(16-20(4,5)6,17-21(7,8)9)22-18-13-11-10-12-14-18/h10-14H,15-17H2,1-9H3. The molecule has 1 aromatic carbocycles. The van der Waals surface area contributed by atoms with Crippen LogP contribution in [-0.4, -0.2) is 8.32 Å². The first kappa shape index (κ1) is 20.3. The summed E-state index contributed by atoms with van der Waals surface area (Å²) in [5, 5.41) is 0. The number of hydrogen-bond donors (Lipinski definition) is 0. The van der Waals surface area contributed by atoms with E-state index in [0.717, 1.165) is 5.75 Å². The number of para-hydroxylation sites is 1. The first-order chi connectivity index (χ1) is 10.2. The largest absolute Gasteiger partial charge is 0.543 e. The van der Waals surface area contributed by atoms with Gasteiger partial charge in [-0.2, -0.15) is 0 Å². The minimum Gasteiger partial charge on any atom is -0.543 e. The SMILES string of the molecule is CC(C)(C)C[Si](CC(C)(C)C)(CC(C)(C)C)Oc1ccccc1. The predicted molar refractivity (Wildman–Crippen MR) is 106 cm³/mol. The fourth-order valence-electron chi connectivity index (χ4n) is 3.93. The van der Waals surface area contributed by atoms with Crippen molar-refractivity contribution < 1.29 is 4.43 Å². The van der Waals surface area contributed by atoms with Crippen molar-refractivity contribution in [3.63, 3.8) is 0 Å². The summed E-state index contributed by atoms with van der Waals surface area (Å²) in [7, 11) is -1.94. The molecule has 0 radical (unpaired) electrons. The molecule has 1 rings (SSSR count). The van der Waals surface area contributed by atoms with Crippen LogP contribution in [0.1, 0.15) is 62.3 Å². The van der Waals surface area contributed by atoms with E-state index in [0.29, 0.717) is 0 Å². The van der Waals surface area contributed by atoms with Gasteiger partial charge in [-0.25, -0.2) is 0 Å². The maximum atomic E-state index is 6.87. The zero-order valence-electron chi connectivity index (χ0n) is 16.9. The van der Waals surface area contributed by atoms with Crippen LogP contribution >= 0.6 is 0 Å². The molecule has 0 saturated heterocycles. The molecule has 0 aromatic heterocycles. The average molecular weight is 335 g/mol. The van der Waals surface area contributed by atoms with E-state index >= 15 is 0 Å². The maximum Gasteiger partial charge on any atom is 0.252 e. The van der Waals surface area contributed by atoms with Crippen LogP contribution in [0.15, 0.2) is 30.3 Å². The lowest BCUT2D eigenvalue weighted by atomic mass is 9.99. The normalized spacial score (nSPS) is 14.0. The molecular weight excluding hydrogens is 296 g/mol. The summed E-state index contributed by atoms with van der Waals surface area (Å²) in [6, 6.07) is 14.1. The van der Waals surface area contributed by atoms with Crippen molar-refractivity contribution in [1.82, 2.24) is 0 Å². The Balaban J connectivity index is 3.26. The van der Waals surface area contributed by atoms with Crippen molar-refractivity contribution >= 4 is 8.32 Å². The predicted octanol–water partition coefficient (Wildman–Crippen LogP) is 7.15. The van der Waals surface area contributed by atoms with E-state index in [-0.39, 0.29) is 16.2 Å². The summed E-state index contributed by atoms with van der Waals surface area (Å²) in [5.41, 5.74) is 0.868. The average Bonchev–Trinajstić information content (AvgIpc) is 2.21. The van der Waals surface area contributed by atoms with Crippen molar-refractivity contribution in [3.8, 4) is 5.75 Å². The van der Waals surface area contributed by atoms with Gasteiger partial charge in [0.15, 0.2) is 0 Å². The number of benzene rings is 1. The van der Waals surface area contributed by atoms with E-state index in [1.54, 1.807) is 0 Å². The van der Waals surface area contributed by atoms with Crippen LogP contribution < -0.4 is 4.43 Å². The molecule has 0 saturated carbocycles. The molecule has 0 aliphatic carbocycles. The summed E-state index contributed by atoms with van der Waals surface area (Å²) < 4.78 is 6.87. The molecule has 0 spiro atoms. The van der Waals surface area contributed by atoms with Gasteiger partial charge in [-0.1, -0.05) is 80.5 Å². The van der Waals surface area contributed by atoms with Crippen molar-refractivity contribution in [1.29, 1.82) is 0 Å². The Labute approximate surface area is 146 Å². The highest BCUT2D eigenvalue weighted by atomic mass is 28.4. The summed E-state index contributed by atoms with van der Waals surface area (Å²) in [6.45, 7) is 21.2. The summed E-state index contributed by atoms with van der Waals surface area (Å²) in [6.07, 6.45) is 0. The first-order valence-corrected chi connectivity index (χ1v) is 11.5. The Morgan fingerprint density at radius 2 is 1.00 bits per heavy atom. The Morgan fingerprint density at radius 1 is 0.652 bits per heavy atom. The third-order valence-electron chi connectivity index (χ3n) is 3.64. The van der Waals surface area contributed by atoms with Gasteiger partial charge in [0, 0.05) is 0 Å². The number of rotatable bonds is 5. The molecule has 23 heavy (non-hydrogen) atoms. The van der Waals surface area contributed by atoms with Gasteiger partial charge in [-0.05, 0) is 46.5 Å². The third kappa shape index (κ3) is 8.60. The fourth-order valence-corrected chi connectivity index (χ4v) is 11.0. The van der Waals surface area contributed by atoms with Crippen LogP contribution in [0.4, 0.5) is 0 Å². The van der Waals surface area contributed by atoms with E-state index in [4.69, 9.17) is 4.43 Å².